The number of nitrogens with zero attached hydrogens (tertiary/aromatic N) is 1. The quantitative estimate of drug-likeness (QED) is 0.327. The lowest BCUT2D eigenvalue weighted by Crippen LogP contribution is -2.11. The van der Waals surface area contributed by atoms with Gasteiger partial charge in [-0.25, -0.2) is 4.98 Å². The molecule has 3 aromatic carbocycles. The fourth-order valence-corrected chi connectivity index (χ4v) is 3.59. The number of imidazole rings is 1. The van der Waals surface area contributed by atoms with Gasteiger partial charge in [0.1, 0.15) is 18.2 Å². The Labute approximate surface area is 197 Å². The zero-order valence-corrected chi connectivity index (χ0v) is 19.7. The third kappa shape index (κ3) is 5.33. The first-order chi connectivity index (χ1) is 15.0. The van der Waals surface area contributed by atoms with Crippen molar-refractivity contribution in [1.82, 2.24) is 9.97 Å². The number of hydrogen-bond donors (Lipinski definition) is 1. The predicted octanol–water partition coefficient (Wildman–Crippen LogP) is 7.86. The molecule has 3 nitrogen and oxygen atoms in total. The lowest BCUT2D eigenvalue weighted by Gasteiger charge is -2.18. The molecule has 1 aromatic heterocycles. The molecule has 0 radical (unpaired) electrons. The molecule has 0 bridgehead atoms. The summed E-state index contributed by atoms with van der Waals surface area (Å²) >= 11 is 0. The number of aromatic nitrogens is 2. The van der Waals surface area contributed by atoms with E-state index in [0.717, 1.165) is 28.2 Å². The van der Waals surface area contributed by atoms with Crippen molar-refractivity contribution in [2.24, 2.45) is 0 Å². The summed E-state index contributed by atoms with van der Waals surface area (Å²) in [6.07, 6.45) is -4.42. The standard InChI is InChI=1S/C26H25F3N2O.ClH/c1-16-9-10-17(24-30-21-12-11-19(25(2,3)4)14-22(21)31-24)13-23(16)32-15-18-7-5-6-8-20(18)26(27,28)29;/h5-14H,15H2,1-4H3,(H,30,31);1H. The van der Waals surface area contributed by atoms with Crippen LogP contribution in [0.25, 0.3) is 22.4 Å². The van der Waals surface area contributed by atoms with E-state index in [0.29, 0.717) is 11.6 Å². The lowest BCUT2D eigenvalue weighted by atomic mass is 9.87. The third-order valence-corrected chi connectivity index (χ3v) is 5.52. The van der Waals surface area contributed by atoms with E-state index in [2.05, 4.69) is 42.9 Å². The van der Waals surface area contributed by atoms with Gasteiger partial charge < -0.3 is 9.72 Å². The van der Waals surface area contributed by atoms with E-state index in [4.69, 9.17) is 4.74 Å². The van der Waals surface area contributed by atoms with Crippen LogP contribution in [0.4, 0.5) is 13.2 Å². The molecule has 0 aliphatic heterocycles. The molecular formula is C26H26ClF3N2O. The molecule has 4 rings (SSSR count). The van der Waals surface area contributed by atoms with Crippen molar-refractivity contribution < 1.29 is 17.9 Å². The van der Waals surface area contributed by atoms with Crippen LogP contribution in [-0.2, 0) is 18.2 Å². The molecule has 174 valence electrons. The van der Waals surface area contributed by atoms with Gasteiger partial charge in [-0.2, -0.15) is 13.2 Å². The number of hydrogen-bond acceptors (Lipinski definition) is 2. The molecule has 0 unspecified atom stereocenters. The molecule has 4 aromatic rings. The van der Waals surface area contributed by atoms with Crippen molar-refractivity contribution in [2.45, 2.75) is 45.9 Å². The maximum absolute atomic E-state index is 13.3. The highest BCUT2D eigenvalue weighted by molar-refractivity contribution is 5.85. The van der Waals surface area contributed by atoms with Crippen LogP contribution in [-0.4, -0.2) is 9.97 Å². The van der Waals surface area contributed by atoms with Crippen LogP contribution in [0.5, 0.6) is 5.75 Å². The predicted molar refractivity (Wildman–Crippen MR) is 128 cm³/mol. The molecule has 33 heavy (non-hydrogen) atoms. The van der Waals surface area contributed by atoms with Gasteiger partial charge in [-0.05, 0) is 47.7 Å². The van der Waals surface area contributed by atoms with E-state index in [-0.39, 0.29) is 30.0 Å². The Bertz CT molecular complexity index is 1270. The maximum atomic E-state index is 13.3. The largest absolute Gasteiger partial charge is 0.489 e. The molecule has 1 heterocycles. The number of aromatic amines is 1. The van der Waals surface area contributed by atoms with Gasteiger partial charge in [0.05, 0.1) is 16.6 Å². The maximum Gasteiger partial charge on any atom is 0.416 e. The van der Waals surface area contributed by atoms with Crippen LogP contribution >= 0.6 is 12.4 Å². The molecule has 0 amide bonds. The van der Waals surface area contributed by atoms with Gasteiger partial charge in [-0.15, -0.1) is 12.4 Å². The van der Waals surface area contributed by atoms with Crippen LogP contribution in [0.3, 0.4) is 0 Å². The molecule has 1 N–H and O–H groups in total. The lowest BCUT2D eigenvalue weighted by molar-refractivity contribution is -0.138. The van der Waals surface area contributed by atoms with Gasteiger partial charge in [0, 0.05) is 11.1 Å². The van der Waals surface area contributed by atoms with E-state index >= 15 is 0 Å². The Balaban J connectivity index is 0.00000306. The Morgan fingerprint density at radius 3 is 2.36 bits per heavy atom. The second-order valence-corrected chi connectivity index (χ2v) is 8.99. The summed E-state index contributed by atoms with van der Waals surface area (Å²) in [5.74, 6) is 1.21. The third-order valence-electron chi connectivity index (χ3n) is 5.52. The van der Waals surface area contributed by atoms with E-state index in [1.807, 2.05) is 31.2 Å². The topological polar surface area (TPSA) is 37.9 Å². The van der Waals surface area contributed by atoms with Gasteiger partial charge in [0.2, 0.25) is 0 Å². The average molecular weight is 475 g/mol. The summed E-state index contributed by atoms with van der Waals surface area (Å²) in [6.45, 7) is 8.17. The molecule has 0 spiro atoms. The number of benzene rings is 3. The Morgan fingerprint density at radius 1 is 0.939 bits per heavy atom. The summed E-state index contributed by atoms with van der Waals surface area (Å²) in [7, 11) is 0. The molecular weight excluding hydrogens is 449 g/mol. The van der Waals surface area contributed by atoms with Gasteiger partial charge in [-0.1, -0.05) is 57.2 Å². The number of rotatable bonds is 4. The average Bonchev–Trinajstić information content (AvgIpc) is 3.15. The smallest absolute Gasteiger partial charge is 0.416 e. The van der Waals surface area contributed by atoms with E-state index in [1.54, 1.807) is 6.07 Å². The summed E-state index contributed by atoms with van der Waals surface area (Å²) < 4.78 is 45.6. The van der Waals surface area contributed by atoms with Crippen LogP contribution < -0.4 is 4.74 Å². The van der Waals surface area contributed by atoms with Gasteiger partial charge in [-0.3, -0.25) is 0 Å². The SMILES string of the molecule is Cc1ccc(-c2nc3ccc(C(C)(C)C)cc3[nH]2)cc1OCc1ccccc1C(F)(F)F.Cl. The second-order valence-electron chi connectivity index (χ2n) is 8.99. The zero-order valence-electron chi connectivity index (χ0n) is 18.9. The molecule has 0 saturated heterocycles. The number of fused-ring (bicyclic) bond motifs is 1. The number of halogens is 4. The Hall–Kier alpha value is -2.99. The minimum Gasteiger partial charge on any atom is -0.489 e. The number of aryl methyl sites for hydroxylation is 1. The molecule has 7 heteroatoms. The van der Waals surface area contributed by atoms with Gasteiger partial charge in [0.15, 0.2) is 0 Å². The molecule has 0 aliphatic rings. The first-order valence-corrected chi connectivity index (χ1v) is 10.4. The highest BCUT2D eigenvalue weighted by Crippen LogP contribution is 2.33. The molecule has 0 aliphatic carbocycles. The van der Waals surface area contributed by atoms with Crippen LogP contribution in [0, 0.1) is 6.92 Å². The van der Waals surface area contributed by atoms with Gasteiger partial charge >= 0.3 is 6.18 Å². The fourth-order valence-electron chi connectivity index (χ4n) is 3.59. The summed E-state index contributed by atoms with van der Waals surface area (Å²) in [5, 5.41) is 0. The summed E-state index contributed by atoms with van der Waals surface area (Å²) in [4.78, 5) is 8.04. The first kappa shape index (κ1) is 24.6. The summed E-state index contributed by atoms with van der Waals surface area (Å²) in [6, 6.07) is 17.3. The molecule has 0 saturated carbocycles. The van der Waals surface area contributed by atoms with Crippen molar-refractivity contribution in [1.29, 1.82) is 0 Å². The minimum atomic E-state index is -4.42. The number of ether oxygens (including phenoxy) is 1. The molecule has 0 atom stereocenters. The van der Waals surface area contributed by atoms with E-state index in [9.17, 15) is 13.2 Å². The molecule has 0 fully saturated rings. The highest BCUT2D eigenvalue weighted by atomic mass is 35.5. The minimum absolute atomic E-state index is 0. The number of alkyl halides is 3. The summed E-state index contributed by atoms with van der Waals surface area (Å²) in [5.41, 5.74) is 4.09. The number of nitrogens with one attached hydrogen (secondary N) is 1. The van der Waals surface area contributed by atoms with E-state index in [1.165, 1.54) is 17.7 Å². The second kappa shape index (κ2) is 9.10. The Kier molecular flexibility index (Phi) is 6.80. The van der Waals surface area contributed by atoms with Crippen molar-refractivity contribution in [3.05, 3.63) is 82.9 Å². The number of H-pyrrole nitrogens is 1. The van der Waals surface area contributed by atoms with Gasteiger partial charge in [0.25, 0.3) is 0 Å². The fraction of sp³-hybridized carbons (Fsp3) is 0.269. The van der Waals surface area contributed by atoms with Crippen LogP contribution in [0.1, 0.15) is 43.0 Å². The highest BCUT2D eigenvalue weighted by Gasteiger charge is 2.33. The first-order valence-electron chi connectivity index (χ1n) is 10.4. The van der Waals surface area contributed by atoms with Crippen molar-refractivity contribution in [2.75, 3.05) is 0 Å². The van der Waals surface area contributed by atoms with Crippen molar-refractivity contribution in [3.8, 4) is 17.1 Å². The van der Waals surface area contributed by atoms with E-state index < -0.39 is 11.7 Å². The zero-order chi connectivity index (χ0) is 23.1. The van der Waals surface area contributed by atoms with Crippen molar-refractivity contribution in [3.63, 3.8) is 0 Å². The normalized spacial score (nSPS) is 12.0. The van der Waals surface area contributed by atoms with Crippen LogP contribution in [0.15, 0.2) is 60.7 Å². The van der Waals surface area contributed by atoms with Crippen molar-refractivity contribution >= 4 is 23.4 Å². The Morgan fingerprint density at radius 2 is 1.67 bits per heavy atom. The van der Waals surface area contributed by atoms with Crippen LogP contribution in [0.2, 0.25) is 0 Å². The monoisotopic (exact) mass is 474 g/mol.